The Hall–Kier alpha value is -2.39. The van der Waals surface area contributed by atoms with E-state index >= 15 is 0 Å². The number of rotatable bonds is 7. The average molecular weight is 289 g/mol. The van der Waals surface area contributed by atoms with Crippen LogP contribution in [0.15, 0.2) is 24.3 Å². The summed E-state index contributed by atoms with van der Waals surface area (Å²) in [6.45, 7) is 3.24. The van der Waals surface area contributed by atoms with Gasteiger partial charge in [0.25, 0.3) is 0 Å². The van der Waals surface area contributed by atoms with Crippen molar-refractivity contribution < 1.29 is 14.3 Å². The molecule has 1 amide bonds. The summed E-state index contributed by atoms with van der Waals surface area (Å²) < 4.78 is 4.60. The van der Waals surface area contributed by atoms with Crippen molar-refractivity contribution in [1.82, 2.24) is 4.90 Å². The third-order valence-corrected chi connectivity index (χ3v) is 2.98. The second-order valence-corrected chi connectivity index (χ2v) is 4.43. The highest BCUT2D eigenvalue weighted by atomic mass is 16.5. The van der Waals surface area contributed by atoms with E-state index in [1.54, 1.807) is 24.3 Å². The summed E-state index contributed by atoms with van der Waals surface area (Å²) in [6.07, 6.45) is 0.283. The van der Waals surface area contributed by atoms with Crippen LogP contribution in [0.2, 0.25) is 0 Å². The van der Waals surface area contributed by atoms with Crippen molar-refractivity contribution in [3.05, 3.63) is 29.8 Å². The Kier molecular flexibility index (Phi) is 6.92. The first-order chi connectivity index (χ1) is 10.1. The van der Waals surface area contributed by atoms with Crippen LogP contribution >= 0.6 is 0 Å². The maximum atomic E-state index is 11.8. The van der Waals surface area contributed by atoms with Gasteiger partial charge in [-0.2, -0.15) is 5.26 Å². The second-order valence-electron chi connectivity index (χ2n) is 4.43. The molecule has 0 aliphatic carbocycles. The second kappa shape index (κ2) is 8.72. The minimum absolute atomic E-state index is 0.136. The smallest absolute Gasteiger partial charge is 0.319 e. The SMILES string of the molecule is CCN(CCC(=O)Nc1ccc(C#N)cc1)CC(=O)OC. The molecule has 6 nitrogen and oxygen atoms in total. The van der Waals surface area contributed by atoms with Crippen LogP contribution in [0.25, 0.3) is 0 Å². The van der Waals surface area contributed by atoms with Crippen LogP contribution in [0.1, 0.15) is 18.9 Å². The number of anilines is 1. The fraction of sp³-hybridized carbons (Fsp3) is 0.400. The first kappa shape index (κ1) is 16.7. The molecule has 0 saturated carbocycles. The number of nitriles is 1. The Labute approximate surface area is 124 Å². The van der Waals surface area contributed by atoms with E-state index in [0.717, 1.165) is 0 Å². The Balaban J connectivity index is 2.42. The number of ether oxygens (including phenoxy) is 1. The quantitative estimate of drug-likeness (QED) is 0.767. The zero-order valence-corrected chi connectivity index (χ0v) is 12.3. The molecule has 6 heteroatoms. The molecule has 112 valence electrons. The van der Waals surface area contributed by atoms with E-state index in [-0.39, 0.29) is 24.8 Å². The topological polar surface area (TPSA) is 82.4 Å². The van der Waals surface area contributed by atoms with E-state index < -0.39 is 0 Å². The summed E-state index contributed by atoms with van der Waals surface area (Å²) in [4.78, 5) is 24.8. The van der Waals surface area contributed by atoms with E-state index in [9.17, 15) is 9.59 Å². The normalized spacial score (nSPS) is 10.0. The average Bonchev–Trinajstić information content (AvgIpc) is 2.51. The van der Waals surface area contributed by atoms with Crippen LogP contribution in [-0.4, -0.2) is 43.5 Å². The lowest BCUT2D eigenvalue weighted by molar-refractivity contribution is -0.142. The third kappa shape index (κ3) is 6.06. The molecule has 0 aromatic heterocycles. The minimum Gasteiger partial charge on any atom is -0.468 e. The van der Waals surface area contributed by atoms with Gasteiger partial charge < -0.3 is 10.1 Å². The summed E-state index contributed by atoms with van der Waals surface area (Å²) in [7, 11) is 1.34. The number of benzene rings is 1. The van der Waals surface area contributed by atoms with Gasteiger partial charge in [0.2, 0.25) is 5.91 Å². The molecule has 21 heavy (non-hydrogen) atoms. The molecule has 0 aliphatic rings. The number of esters is 1. The number of nitrogens with one attached hydrogen (secondary N) is 1. The molecular formula is C15H19N3O3. The number of likely N-dealkylation sites (N-methyl/N-ethyl adjacent to an activating group) is 1. The van der Waals surface area contributed by atoms with Gasteiger partial charge in [0.05, 0.1) is 25.3 Å². The number of carbonyl (C=O) groups excluding carboxylic acids is 2. The maximum absolute atomic E-state index is 11.8. The summed E-state index contributed by atoms with van der Waals surface area (Å²) in [6, 6.07) is 8.67. The van der Waals surface area contributed by atoms with Gasteiger partial charge in [-0.05, 0) is 30.8 Å². The Morgan fingerprint density at radius 2 is 2.00 bits per heavy atom. The fourth-order valence-corrected chi connectivity index (χ4v) is 1.71. The van der Waals surface area contributed by atoms with E-state index in [4.69, 9.17) is 5.26 Å². The fourth-order valence-electron chi connectivity index (χ4n) is 1.71. The molecule has 0 bridgehead atoms. The van der Waals surface area contributed by atoms with E-state index in [2.05, 4.69) is 10.1 Å². The lowest BCUT2D eigenvalue weighted by atomic mass is 10.2. The predicted octanol–water partition coefficient (Wildman–Crippen LogP) is 1.38. The summed E-state index contributed by atoms with van der Waals surface area (Å²) >= 11 is 0. The molecule has 1 aromatic carbocycles. The van der Waals surface area contributed by atoms with Crippen molar-refractivity contribution in [2.24, 2.45) is 0 Å². The molecule has 1 aromatic rings. The van der Waals surface area contributed by atoms with E-state index in [1.807, 2.05) is 17.9 Å². The zero-order valence-electron chi connectivity index (χ0n) is 12.3. The largest absolute Gasteiger partial charge is 0.468 e. The van der Waals surface area contributed by atoms with Crippen molar-refractivity contribution in [1.29, 1.82) is 5.26 Å². The van der Waals surface area contributed by atoms with Gasteiger partial charge in [-0.15, -0.1) is 0 Å². The van der Waals surface area contributed by atoms with E-state index in [0.29, 0.717) is 24.3 Å². The summed E-state index contributed by atoms with van der Waals surface area (Å²) in [5.74, 6) is -0.452. The van der Waals surface area contributed by atoms with Gasteiger partial charge in [-0.3, -0.25) is 14.5 Å². The van der Waals surface area contributed by atoms with Crippen molar-refractivity contribution in [3.8, 4) is 6.07 Å². The zero-order chi connectivity index (χ0) is 15.7. The van der Waals surface area contributed by atoms with Gasteiger partial charge >= 0.3 is 5.97 Å². The molecule has 0 heterocycles. The molecule has 1 rings (SSSR count). The number of amides is 1. The van der Waals surface area contributed by atoms with E-state index in [1.165, 1.54) is 7.11 Å². The van der Waals surface area contributed by atoms with Gasteiger partial charge in [-0.25, -0.2) is 0 Å². The lowest BCUT2D eigenvalue weighted by Crippen LogP contribution is -2.33. The Morgan fingerprint density at radius 3 is 2.52 bits per heavy atom. The Bertz CT molecular complexity index is 520. The number of carbonyl (C=O) groups is 2. The standard InChI is InChI=1S/C15H19N3O3/c1-3-18(11-15(20)21-2)9-8-14(19)17-13-6-4-12(10-16)5-7-13/h4-7H,3,8-9,11H2,1-2H3,(H,17,19). The lowest BCUT2D eigenvalue weighted by Gasteiger charge is -2.18. The maximum Gasteiger partial charge on any atom is 0.319 e. The van der Waals surface area contributed by atoms with Gasteiger partial charge in [0.1, 0.15) is 0 Å². The molecular weight excluding hydrogens is 270 g/mol. The number of methoxy groups -OCH3 is 1. The number of hydrogen-bond acceptors (Lipinski definition) is 5. The van der Waals surface area contributed by atoms with Crippen molar-refractivity contribution in [3.63, 3.8) is 0 Å². The first-order valence-corrected chi connectivity index (χ1v) is 6.68. The van der Waals surface area contributed by atoms with Crippen LogP contribution in [0.3, 0.4) is 0 Å². The molecule has 0 fully saturated rings. The highest BCUT2D eigenvalue weighted by molar-refractivity contribution is 5.90. The van der Waals surface area contributed by atoms with Crippen LogP contribution in [0.4, 0.5) is 5.69 Å². The predicted molar refractivity (Wildman–Crippen MR) is 78.5 cm³/mol. The van der Waals surface area contributed by atoms with Crippen LogP contribution in [0, 0.1) is 11.3 Å². The Morgan fingerprint density at radius 1 is 1.33 bits per heavy atom. The molecule has 0 atom stereocenters. The molecule has 0 spiro atoms. The van der Waals surface area contributed by atoms with Gasteiger partial charge in [0.15, 0.2) is 0 Å². The highest BCUT2D eigenvalue weighted by Crippen LogP contribution is 2.09. The third-order valence-electron chi connectivity index (χ3n) is 2.98. The number of nitrogens with zero attached hydrogens (tertiary/aromatic N) is 2. The molecule has 0 aliphatic heterocycles. The molecule has 0 radical (unpaired) electrons. The van der Waals surface area contributed by atoms with Crippen LogP contribution in [0.5, 0.6) is 0 Å². The first-order valence-electron chi connectivity index (χ1n) is 6.68. The molecule has 0 unspecified atom stereocenters. The summed E-state index contributed by atoms with van der Waals surface area (Å²) in [5, 5.41) is 11.4. The summed E-state index contributed by atoms with van der Waals surface area (Å²) in [5.41, 5.74) is 1.19. The number of hydrogen-bond donors (Lipinski definition) is 1. The minimum atomic E-state index is -0.315. The highest BCUT2D eigenvalue weighted by Gasteiger charge is 2.11. The van der Waals surface area contributed by atoms with Crippen molar-refractivity contribution in [2.45, 2.75) is 13.3 Å². The monoisotopic (exact) mass is 289 g/mol. The van der Waals surface area contributed by atoms with Crippen molar-refractivity contribution in [2.75, 3.05) is 32.1 Å². The van der Waals surface area contributed by atoms with Crippen LogP contribution < -0.4 is 5.32 Å². The van der Waals surface area contributed by atoms with Gasteiger partial charge in [0, 0.05) is 18.7 Å². The molecule has 1 N–H and O–H groups in total. The van der Waals surface area contributed by atoms with Crippen LogP contribution in [-0.2, 0) is 14.3 Å². The van der Waals surface area contributed by atoms with Gasteiger partial charge in [-0.1, -0.05) is 6.92 Å². The van der Waals surface area contributed by atoms with Crippen molar-refractivity contribution >= 4 is 17.6 Å². The molecule has 0 saturated heterocycles.